The van der Waals surface area contributed by atoms with Crippen LogP contribution in [0, 0.1) is 5.92 Å². The Morgan fingerprint density at radius 3 is 2.96 bits per heavy atom. The minimum absolute atomic E-state index is 0.323. The SMILES string of the molecule is O=C(CC1CCN(c2ccn3nccc3n2)CC1)N1CCc2sccc2C1. The number of hydrogen-bond donors (Lipinski definition) is 0. The van der Waals surface area contributed by atoms with E-state index in [4.69, 9.17) is 0 Å². The third kappa shape index (κ3) is 3.32. The summed E-state index contributed by atoms with van der Waals surface area (Å²) in [6.45, 7) is 3.60. The monoisotopic (exact) mass is 381 g/mol. The largest absolute Gasteiger partial charge is 0.356 e. The lowest BCUT2D eigenvalue weighted by Gasteiger charge is -2.34. The Morgan fingerprint density at radius 1 is 1.19 bits per heavy atom. The number of thiophene rings is 1. The van der Waals surface area contributed by atoms with E-state index in [1.165, 1.54) is 10.4 Å². The summed E-state index contributed by atoms with van der Waals surface area (Å²) in [4.78, 5) is 23.3. The van der Waals surface area contributed by atoms with Crippen molar-refractivity contribution in [3.63, 3.8) is 0 Å². The van der Waals surface area contributed by atoms with Gasteiger partial charge in [0.1, 0.15) is 5.82 Å². The van der Waals surface area contributed by atoms with Crippen molar-refractivity contribution in [2.75, 3.05) is 24.5 Å². The second-order valence-electron chi connectivity index (χ2n) is 7.49. The molecule has 0 aromatic carbocycles. The van der Waals surface area contributed by atoms with Crippen LogP contribution in [0.5, 0.6) is 0 Å². The molecule has 3 aromatic rings. The van der Waals surface area contributed by atoms with Gasteiger partial charge in [-0.05, 0) is 48.3 Å². The van der Waals surface area contributed by atoms with Crippen molar-refractivity contribution in [1.82, 2.24) is 19.5 Å². The predicted molar refractivity (Wildman–Crippen MR) is 106 cm³/mol. The number of nitrogens with zero attached hydrogens (tertiary/aromatic N) is 5. The molecule has 2 aliphatic heterocycles. The van der Waals surface area contributed by atoms with Crippen LogP contribution in [0.15, 0.2) is 36.0 Å². The van der Waals surface area contributed by atoms with Gasteiger partial charge in [-0.15, -0.1) is 11.3 Å². The number of anilines is 1. The van der Waals surface area contributed by atoms with Crippen molar-refractivity contribution in [2.24, 2.45) is 5.92 Å². The molecule has 0 bridgehead atoms. The van der Waals surface area contributed by atoms with Crippen LogP contribution in [0.2, 0.25) is 0 Å². The normalized spacial score (nSPS) is 18.1. The maximum Gasteiger partial charge on any atom is 0.223 e. The second kappa shape index (κ2) is 6.96. The van der Waals surface area contributed by atoms with Gasteiger partial charge >= 0.3 is 0 Å². The van der Waals surface area contributed by atoms with Gasteiger partial charge in [-0.3, -0.25) is 4.79 Å². The summed E-state index contributed by atoms with van der Waals surface area (Å²) in [6, 6.07) is 6.12. The highest BCUT2D eigenvalue weighted by Crippen LogP contribution is 2.28. The first-order chi connectivity index (χ1) is 13.3. The third-order valence-electron chi connectivity index (χ3n) is 5.81. The molecule has 0 unspecified atom stereocenters. The standard InChI is InChI=1S/C20H23N5OS/c26-20(24-10-4-17-16(14-24)6-12-27-17)13-15-2-8-23(9-3-15)18-5-11-25-19(22-18)1-7-21-25/h1,5-7,11-12,15H,2-4,8-10,13-14H2. The first-order valence-corrected chi connectivity index (χ1v) is 10.5. The van der Waals surface area contributed by atoms with E-state index in [9.17, 15) is 4.79 Å². The molecule has 0 spiro atoms. The molecule has 0 radical (unpaired) electrons. The average Bonchev–Trinajstić information content (AvgIpc) is 3.36. The van der Waals surface area contributed by atoms with Crippen LogP contribution in [0.1, 0.15) is 29.7 Å². The number of carbonyl (C=O) groups excluding carboxylic acids is 1. The molecule has 0 saturated carbocycles. The average molecular weight is 382 g/mol. The summed E-state index contributed by atoms with van der Waals surface area (Å²) in [5, 5.41) is 6.34. The number of aromatic nitrogens is 3. The number of hydrogen-bond acceptors (Lipinski definition) is 5. The van der Waals surface area contributed by atoms with Gasteiger partial charge in [0.15, 0.2) is 5.65 Å². The van der Waals surface area contributed by atoms with E-state index < -0.39 is 0 Å². The fourth-order valence-electron chi connectivity index (χ4n) is 4.18. The maximum atomic E-state index is 12.8. The minimum Gasteiger partial charge on any atom is -0.356 e. The molecule has 1 saturated heterocycles. The molecular formula is C20H23N5OS. The molecule has 5 heterocycles. The van der Waals surface area contributed by atoms with Gasteiger partial charge in [0.05, 0.1) is 6.20 Å². The number of fused-ring (bicyclic) bond motifs is 2. The smallest absolute Gasteiger partial charge is 0.223 e. The fourth-order valence-corrected chi connectivity index (χ4v) is 5.07. The minimum atomic E-state index is 0.323. The summed E-state index contributed by atoms with van der Waals surface area (Å²) in [7, 11) is 0. The van der Waals surface area contributed by atoms with Gasteiger partial charge in [-0.25, -0.2) is 9.50 Å². The lowest BCUT2D eigenvalue weighted by atomic mass is 9.92. The molecule has 1 amide bonds. The van der Waals surface area contributed by atoms with Crippen LogP contribution in [0.25, 0.3) is 5.65 Å². The Balaban J connectivity index is 1.17. The first-order valence-electron chi connectivity index (χ1n) is 9.64. The van der Waals surface area contributed by atoms with E-state index in [1.807, 2.05) is 29.7 Å². The van der Waals surface area contributed by atoms with Gasteiger partial charge in [-0.1, -0.05) is 0 Å². The molecule has 2 aliphatic rings. The Kier molecular flexibility index (Phi) is 4.32. The molecule has 3 aromatic heterocycles. The van der Waals surface area contributed by atoms with Crippen molar-refractivity contribution in [1.29, 1.82) is 0 Å². The number of piperidine rings is 1. The Morgan fingerprint density at radius 2 is 2.07 bits per heavy atom. The Bertz CT molecular complexity index is 956. The molecule has 140 valence electrons. The van der Waals surface area contributed by atoms with E-state index in [2.05, 4.69) is 31.3 Å². The highest BCUT2D eigenvalue weighted by Gasteiger charge is 2.26. The van der Waals surface area contributed by atoms with E-state index >= 15 is 0 Å². The second-order valence-corrected chi connectivity index (χ2v) is 8.49. The molecule has 0 atom stereocenters. The van der Waals surface area contributed by atoms with Crippen LogP contribution in [0.3, 0.4) is 0 Å². The number of amides is 1. The number of rotatable bonds is 3. The quantitative estimate of drug-likeness (QED) is 0.700. The molecule has 1 fully saturated rings. The first kappa shape index (κ1) is 16.7. The highest BCUT2D eigenvalue weighted by atomic mass is 32.1. The van der Waals surface area contributed by atoms with Gasteiger partial charge in [0.25, 0.3) is 0 Å². The van der Waals surface area contributed by atoms with Crippen LogP contribution in [-0.2, 0) is 17.8 Å². The van der Waals surface area contributed by atoms with Gasteiger partial charge < -0.3 is 9.80 Å². The van der Waals surface area contributed by atoms with Crippen LogP contribution < -0.4 is 4.90 Å². The van der Waals surface area contributed by atoms with Crippen LogP contribution in [0.4, 0.5) is 5.82 Å². The zero-order chi connectivity index (χ0) is 18.2. The van der Waals surface area contributed by atoms with Crippen LogP contribution >= 0.6 is 11.3 Å². The summed E-state index contributed by atoms with van der Waals surface area (Å²) < 4.78 is 1.78. The molecule has 27 heavy (non-hydrogen) atoms. The molecule has 0 N–H and O–H groups in total. The topological polar surface area (TPSA) is 53.7 Å². The number of carbonyl (C=O) groups is 1. The zero-order valence-corrected chi connectivity index (χ0v) is 16.1. The molecule has 7 heteroatoms. The molecule has 0 aliphatic carbocycles. The Labute approximate surface area is 162 Å². The van der Waals surface area contributed by atoms with E-state index in [0.29, 0.717) is 18.2 Å². The van der Waals surface area contributed by atoms with E-state index in [1.54, 1.807) is 10.7 Å². The molecule has 5 rings (SSSR count). The zero-order valence-electron chi connectivity index (χ0n) is 15.3. The van der Waals surface area contributed by atoms with Crippen LogP contribution in [-0.4, -0.2) is 45.0 Å². The van der Waals surface area contributed by atoms with Gasteiger partial charge in [0.2, 0.25) is 5.91 Å². The lowest BCUT2D eigenvalue weighted by Crippen LogP contribution is -2.39. The van der Waals surface area contributed by atoms with Crippen molar-refractivity contribution >= 4 is 28.7 Å². The summed E-state index contributed by atoms with van der Waals surface area (Å²) in [6.07, 6.45) is 7.53. The maximum absolute atomic E-state index is 12.8. The van der Waals surface area contributed by atoms with E-state index in [-0.39, 0.29) is 0 Å². The lowest BCUT2D eigenvalue weighted by molar-refractivity contribution is -0.133. The fraction of sp³-hybridized carbons (Fsp3) is 0.450. The van der Waals surface area contributed by atoms with Gasteiger partial charge in [-0.2, -0.15) is 5.10 Å². The third-order valence-corrected chi connectivity index (χ3v) is 6.83. The molecule has 6 nitrogen and oxygen atoms in total. The molecular weight excluding hydrogens is 358 g/mol. The van der Waals surface area contributed by atoms with Gasteiger partial charge in [0, 0.05) is 49.7 Å². The summed E-state index contributed by atoms with van der Waals surface area (Å²) >= 11 is 1.82. The van der Waals surface area contributed by atoms with Crippen molar-refractivity contribution < 1.29 is 4.79 Å². The summed E-state index contributed by atoms with van der Waals surface area (Å²) in [5.74, 6) is 1.81. The van der Waals surface area contributed by atoms with E-state index in [0.717, 1.165) is 56.9 Å². The van der Waals surface area contributed by atoms with Crippen molar-refractivity contribution in [3.05, 3.63) is 46.4 Å². The van der Waals surface area contributed by atoms with Crippen molar-refractivity contribution in [2.45, 2.75) is 32.2 Å². The Hall–Kier alpha value is -2.41. The summed E-state index contributed by atoms with van der Waals surface area (Å²) in [5.41, 5.74) is 2.22. The van der Waals surface area contributed by atoms with Crippen molar-refractivity contribution in [3.8, 4) is 0 Å². The highest BCUT2D eigenvalue weighted by molar-refractivity contribution is 7.10. The predicted octanol–water partition coefficient (Wildman–Crippen LogP) is 2.98.